The number of ether oxygens (including phenoxy) is 2. The second kappa shape index (κ2) is 8.87. The zero-order valence-electron chi connectivity index (χ0n) is 17.9. The number of hydrogen-bond acceptors (Lipinski definition) is 9. The van der Waals surface area contributed by atoms with Crippen LogP contribution in [-0.4, -0.2) is 21.3 Å². The van der Waals surface area contributed by atoms with Crippen LogP contribution in [0.1, 0.15) is 33.3 Å². The second-order valence-electron chi connectivity index (χ2n) is 7.39. The van der Waals surface area contributed by atoms with Gasteiger partial charge in [-0.3, -0.25) is 0 Å². The lowest BCUT2D eigenvalue weighted by Crippen LogP contribution is -2.09. The van der Waals surface area contributed by atoms with Crippen LogP contribution in [-0.2, 0) is 18.0 Å². The van der Waals surface area contributed by atoms with E-state index in [1.54, 1.807) is 6.07 Å². The maximum absolute atomic E-state index is 13.0. The molecule has 0 aliphatic rings. The van der Waals surface area contributed by atoms with Crippen molar-refractivity contribution in [2.45, 2.75) is 27.1 Å². The summed E-state index contributed by atoms with van der Waals surface area (Å²) >= 11 is 1.54. The predicted molar refractivity (Wildman–Crippen MR) is 121 cm³/mol. The Morgan fingerprint density at radius 2 is 1.85 bits per heavy atom. The number of hydrogen-bond donors (Lipinski definition) is 0. The number of aryl methyl sites for hydroxylation is 2. The largest absolute Gasteiger partial charge is 0.488 e. The van der Waals surface area contributed by atoms with Crippen LogP contribution in [0.3, 0.4) is 0 Å². The van der Waals surface area contributed by atoms with E-state index in [2.05, 4.69) is 15.3 Å². The van der Waals surface area contributed by atoms with E-state index >= 15 is 0 Å². The molecule has 33 heavy (non-hydrogen) atoms. The van der Waals surface area contributed by atoms with Gasteiger partial charge in [0.25, 0.3) is 5.89 Å². The molecule has 0 saturated heterocycles. The zero-order valence-corrected chi connectivity index (χ0v) is 18.7. The number of carbonyl (C=O) groups is 1. The lowest BCUT2D eigenvalue weighted by atomic mass is 10.1. The molecule has 0 radical (unpaired) electrons. The molecule has 3 aromatic heterocycles. The van der Waals surface area contributed by atoms with Crippen LogP contribution >= 0.6 is 11.3 Å². The number of benzene rings is 2. The van der Waals surface area contributed by atoms with Crippen LogP contribution in [0.25, 0.3) is 22.2 Å². The summed E-state index contributed by atoms with van der Waals surface area (Å²) in [5.41, 5.74) is 2.74. The van der Waals surface area contributed by atoms with E-state index in [4.69, 9.17) is 18.5 Å². The van der Waals surface area contributed by atoms with E-state index in [1.807, 2.05) is 61.0 Å². The Labute approximate surface area is 192 Å². The van der Waals surface area contributed by atoms with E-state index in [0.717, 1.165) is 27.6 Å². The summed E-state index contributed by atoms with van der Waals surface area (Å²) in [6, 6.07) is 13.2. The Balaban J connectivity index is 1.37. The minimum Gasteiger partial charge on any atom is -0.488 e. The molecule has 5 rings (SSSR count). The van der Waals surface area contributed by atoms with Crippen LogP contribution < -0.4 is 4.74 Å². The number of rotatable bonds is 7. The van der Waals surface area contributed by atoms with Crippen molar-refractivity contribution >= 4 is 28.1 Å². The Morgan fingerprint density at radius 1 is 1.03 bits per heavy atom. The van der Waals surface area contributed by atoms with Gasteiger partial charge in [0.15, 0.2) is 6.61 Å². The van der Waals surface area contributed by atoms with Crippen molar-refractivity contribution in [3.05, 3.63) is 81.7 Å². The molecule has 0 spiro atoms. The molecular weight excluding hydrogens is 442 g/mol. The topological polar surface area (TPSA) is 100 Å². The summed E-state index contributed by atoms with van der Waals surface area (Å²) in [7, 11) is 0. The van der Waals surface area contributed by atoms with Crippen LogP contribution in [0.15, 0.2) is 62.3 Å². The standard InChI is InChI=1S/C24H19N3O5S/c1-14-20(15(2)31-26-14)11-29-21-10-17-6-4-3-5-16(17)9-19(21)24(28)30-12-22-25-23(27-32-22)18-7-8-33-13-18/h3-10,13H,11-12H2,1-2H3. The number of nitrogens with zero attached hydrogens (tertiary/aromatic N) is 3. The normalized spacial score (nSPS) is 11.1. The lowest BCUT2D eigenvalue weighted by molar-refractivity contribution is 0.0425. The molecule has 0 N–H and O–H groups in total. The molecule has 0 aliphatic carbocycles. The number of aromatic nitrogens is 3. The molecule has 5 aromatic rings. The van der Waals surface area contributed by atoms with Gasteiger partial charge in [-0.1, -0.05) is 34.6 Å². The minimum atomic E-state index is -0.551. The van der Waals surface area contributed by atoms with Crippen molar-refractivity contribution in [3.63, 3.8) is 0 Å². The quantitative estimate of drug-likeness (QED) is 0.293. The van der Waals surface area contributed by atoms with Crippen molar-refractivity contribution in [2.24, 2.45) is 0 Å². The third kappa shape index (κ3) is 4.35. The fourth-order valence-electron chi connectivity index (χ4n) is 3.38. The molecule has 3 heterocycles. The third-order valence-electron chi connectivity index (χ3n) is 5.20. The summed E-state index contributed by atoms with van der Waals surface area (Å²) in [4.78, 5) is 17.3. The van der Waals surface area contributed by atoms with E-state index in [-0.39, 0.29) is 19.1 Å². The average Bonchev–Trinajstić information content (AvgIpc) is 3.58. The van der Waals surface area contributed by atoms with Gasteiger partial charge in [0.1, 0.15) is 23.7 Å². The first-order valence-electron chi connectivity index (χ1n) is 10.2. The van der Waals surface area contributed by atoms with Gasteiger partial charge in [0.05, 0.1) is 11.3 Å². The van der Waals surface area contributed by atoms with E-state index in [9.17, 15) is 4.79 Å². The summed E-state index contributed by atoms with van der Waals surface area (Å²) in [5, 5.41) is 13.6. The van der Waals surface area contributed by atoms with Gasteiger partial charge in [0.2, 0.25) is 5.82 Å². The Hall–Kier alpha value is -3.98. The lowest BCUT2D eigenvalue weighted by Gasteiger charge is -2.12. The molecule has 8 nitrogen and oxygen atoms in total. The molecule has 0 aliphatic heterocycles. The van der Waals surface area contributed by atoms with Gasteiger partial charge in [-0.2, -0.15) is 16.3 Å². The predicted octanol–water partition coefficient (Wildman–Crippen LogP) is 5.49. The third-order valence-corrected chi connectivity index (χ3v) is 5.88. The van der Waals surface area contributed by atoms with Gasteiger partial charge < -0.3 is 18.5 Å². The fraction of sp³-hybridized carbons (Fsp3) is 0.167. The Kier molecular flexibility index (Phi) is 5.62. The molecule has 0 unspecified atom stereocenters. The highest BCUT2D eigenvalue weighted by Gasteiger charge is 2.19. The van der Waals surface area contributed by atoms with Gasteiger partial charge in [-0.05, 0) is 48.2 Å². The summed E-state index contributed by atoms with van der Waals surface area (Å²) in [6.45, 7) is 3.74. The van der Waals surface area contributed by atoms with Crippen molar-refractivity contribution in [1.82, 2.24) is 15.3 Å². The molecule has 0 atom stereocenters. The van der Waals surface area contributed by atoms with Crippen molar-refractivity contribution in [3.8, 4) is 17.1 Å². The number of carbonyl (C=O) groups excluding carboxylic acids is 1. The van der Waals surface area contributed by atoms with Gasteiger partial charge in [-0.25, -0.2) is 4.79 Å². The molecule has 9 heteroatoms. The fourth-order valence-corrected chi connectivity index (χ4v) is 4.02. The van der Waals surface area contributed by atoms with Crippen LogP contribution in [0.5, 0.6) is 5.75 Å². The SMILES string of the molecule is Cc1noc(C)c1COc1cc2ccccc2cc1C(=O)OCc1nc(-c2ccsc2)no1. The van der Waals surface area contributed by atoms with Gasteiger partial charge in [-0.15, -0.1) is 0 Å². The average molecular weight is 461 g/mol. The molecule has 0 amide bonds. The van der Waals surface area contributed by atoms with Crippen LogP contribution in [0.4, 0.5) is 0 Å². The number of esters is 1. The summed E-state index contributed by atoms with van der Waals surface area (Å²) in [6.07, 6.45) is 0. The van der Waals surface area contributed by atoms with E-state index in [1.165, 1.54) is 11.3 Å². The molecule has 166 valence electrons. The highest BCUT2D eigenvalue weighted by atomic mass is 32.1. The molecule has 2 aromatic carbocycles. The van der Waals surface area contributed by atoms with E-state index in [0.29, 0.717) is 22.9 Å². The van der Waals surface area contributed by atoms with Gasteiger partial charge >= 0.3 is 5.97 Å². The molecule has 0 bridgehead atoms. The van der Waals surface area contributed by atoms with Crippen LogP contribution in [0, 0.1) is 13.8 Å². The minimum absolute atomic E-state index is 0.147. The van der Waals surface area contributed by atoms with Gasteiger partial charge in [0, 0.05) is 10.9 Å². The first-order chi connectivity index (χ1) is 16.1. The molecule has 0 saturated carbocycles. The maximum atomic E-state index is 13.0. The molecule has 0 fully saturated rings. The zero-order chi connectivity index (χ0) is 22.8. The van der Waals surface area contributed by atoms with E-state index < -0.39 is 5.97 Å². The Morgan fingerprint density at radius 3 is 2.58 bits per heavy atom. The van der Waals surface area contributed by atoms with Crippen LogP contribution in [0.2, 0.25) is 0 Å². The second-order valence-corrected chi connectivity index (χ2v) is 8.17. The molecular formula is C24H19N3O5S. The highest BCUT2D eigenvalue weighted by Crippen LogP contribution is 2.29. The van der Waals surface area contributed by atoms with Crippen molar-refractivity contribution in [2.75, 3.05) is 0 Å². The first-order valence-corrected chi connectivity index (χ1v) is 11.1. The first kappa shape index (κ1) is 20.9. The van der Waals surface area contributed by atoms with Crippen molar-refractivity contribution < 1.29 is 23.3 Å². The number of fused-ring (bicyclic) bond motifs is 1. The highest BCUT2D eigenvalue weighted by molar-refractivity contribution is 7.08. The Bertz CT molecular complexity index is 1400. The monoisotopic (exact) mass is 461 g/mol. The smallest absolute Gasteiger partial charge is 0.342 e. The summed E-state index contributed by atoms with van der Waals surface area (Å²) < 4.78 is 21.9. The summed E-state index contributed by atoms with van der Waals surface area (Å²) in [5.74, 6) is 1.20. The number of thiophene rings is 1. The van der Waals surface area contributed by atoms with Crippen molar-refractivity contribution in [1.29, 1.82) is 0 Å². The maximum Gasteiger partial charge on any atom is 0.342 e.